The molecular formula is C14H21F3N2. The Balaban J connectivity index is 2.89. The van der Waals surface area contributed by atoms with Gasteiger partial charge in [-0.2, -0.15) is 13.2 Å². The van der Waals surface area contributed by atoms with E-state index in [-0.39, 0.29) is 12.0 Å². The molecule has 2 N–H and O–H groups in total. The first kappa shape index (κ1) is 16.0. The van der Waals surface area contributed by atoms with E-state index in [2.05, 4.69) is 0 Å². The van der Waals surface area contributed by atoms with Gasteiger partial charge in [0.25, 0.3) is 0 Å². The topological polar surface area (TPSA) is 29.3 Å². The molecule has 0 saturated heterocycles. The summed E-state index contributed by atoms with van der Waals surface area (Å²) in [4.78, 5) is 1.29. The Hall–Kier alpha value is -1.07. The number of hydrogen-bond acceptors (Lipinski definition) is 2. The maximum absolute atomic E-state index is 12.5. The molecule has 2 unspecified atom stereocenters. The predicted octanol–water partition coefficient (Wildman–Crippen LogP) is 3.21. The number of halogens is 3. The number of nitrogens with two attached hydrogens (primary N) is 1. The molecular weight excluding hydrogens is 253 g/mol. The summed E-state index contributed by atoms with van der Waals surface area (Å²) in [7, 11) is 1.47. The van der Waals surface area contributed by atoms with Gasteiger partial charge < -0.3 is 5.73 Å². The fraction of sp³-hybridized carbons (Fsp3) is 0.571. The zero-order valence-electron chi connectivity index (χ0n) is 11.5. The first-order valence-electron chi connectivity index (χ1n) is 6.30. The molecule has 0 radical (unpaired) electrons. The largest absolute Gasteiger partial charge is 0.401 e. The molecule has 2 atom stereocenters. The fourth-order valence-corrected chi connectivity index (χ4v) is 2.46. The Kier molecular flexibility index (Phi) is 5.38. The minimum atomic E-state index is -4.21. The zero-order chi connectivity index (χ0) is 14.6. The lowest BCUT2D eigenvalue weighted by molar-refractivity contribution is -0.150. The lowest BCUT2D eigenvalue weighted by Crippen LogP contribution is -2.47. The van der Waals surface area contributed by atoms with Crippen LogP contribution >= 0.6 is 0 Å². The smallest absolute Gasteiger partial charge is 0.323 e. The number of nitrogens with zero attached hydrogens (tertiary/aromatic N) is 1. The number of rotatable bonds is 5. The summed E-state index contributed by atoms with van der Waals surface area (Å²) in [5.74, 6) is 0.0301. The highest BCUT2D eigenvalue weighted by Crippen LogP contribution is 2.26. The average molecular weight is 274 g/mol. The van der Waals surface area contributed by atoms with Crippen LogP contribution in [0.5, 0.6) is 0 Å². The molecule has 0 bridgehead atoms. The average Bonchev–Trinajstić information content (AvgIpc) is 2.27. The molecule has 0 saturated carbocycles. The van der Waals surface area contributed by atoms with E-state index in [0.29, 0.717) is 0 Å². The molecule has 1 aromatic rings. The summed E-state index contributed by atoms with van der Waals surface area (Å²) >= 11 is 0. The summed E-state index contributed by atoms with van der Waals surface area (Å²) in [5, 5.41) is 0. The molecule has 0 aliphatic heterocycles. The molecule has 0 aromatic heterocycles. The molecule has 2 nitrogen and oxygen atoms in total. The Morgan fingerprint density at radius 2 is 1.68 bits per heavy atom. The second kappa shape index (κ2) is 6.39. The van der Waals surface area contributed by atoms with E-state index in [9.17, 15) is 13.2 Å². The van der Waals surface area contributed by atoms with Crippen LogP contribution in [0.25, 0.3) is 0 Å². The molecule has 0 heterocycles. The molecule has 0 amide bonds. The van der Waals surface area contributed by atoms with Crippen LogP contribution in [-0.4, -0.2) is 30.7 Å². The van der Waals surface area contributed by atoms with Gasteiger partial charge in [0.15, 0.2) is 0 Å². The van der Waals surface area contributed by atoms with Crippen LogP contribution in [-0.2, 0) is 0 Å². The van der Waals surface area contributed by atoms with E-state index >= 15 is 0 Å². The molecule has 0 aliphatic carbocycles. The molecule has 0 aliphatic rings. The zero-order valence-corrected chi connectivity index (χ0v) is 11.5. The highest BCUT2D eigenvalue weighted by Gasteiger charge is 2.35. The maximum atomic E-state index is 12.5. The van der Waals surface area contributed by atoms with Gasteiger partial charge in [-0.1, -0.05) is 44.2 Å². The van der Waals surface area contributed by atoms with Gasteiger partial charge in [0.1, 0.15) is 0 Å². The minimum Gasteiger partial charge on any atom is -0.323 e. The van der Waals surface area contributed by atoms with E-state index < -0.39 is 18.8 Å². The van der Waals surface area contributed by atoms with E-state index in [1.807, 2.05) is 44.2 Å². The van der Waals surface area contributed by atoms with Gasteiger partial charge in [0.2, 0.25) is 0 Å². The van der Waals surface area contributed by atoms with Gasteiger partial charge >= 0.3 is 6.18 Å². The standard InChI is InChI=1S/C14H21F3N2/c1-10(2)13(19(3)9-14(15,16)17)12(18)11-7-5-4-6-8-11/h4-8,10,12-13H,9,18H2,1-3H3. The van der Waals surface area contributed by atoms with E-state index in [4.69, 9.17) is 5.73 Å². The van der Waals surface area contributed by atoms with Crippen LogP contribution in [0.15, 0.2) is 30.3 Å². The van der Waals surface area contributed by atoms with Crippen molar-refractivity contribution < 1.29 is 13.2 Å². The van der Waals surface area contributed by atoms with Crippen LogP contribution < -0.4 is 5.73 Å². The molecule has 0 spiro atoms. The Bertz CT molecular complexity index is 376. The van der Waals surface area contributed by atoms with Crippen molar-refractivity contribution in [2.24, 2.45) is 11.7 Å². The van der Waals surface area contributed by atoms with Gasteiger partial charge in [-0.05, 0) is 18.5 Å². The van der Waals surface area contributed by atoms with Crippen molar-refractivity contribution >= 4 is 0 Å². The van der Waals surface area contributed by atoms with Crippen molar-refractivity contribution in [3.8, 4) is 0 Å². The summed E-state index contributed by atoms with van der Waals surface area (Å²) in [6.45, 7) is 2.83. The Morgan fingerprint density at radius 1 is 1.16 bits per heavy atom. The van der Waals surface area contributed by atoms with Crippen LogP contribution in [0.4, 0.5) is 13.2 Å². The number of likely N-dealkylation sites (N-methyl/N-ethyl adjacent to an activating group) is 1. The number of hydrogen-bond donors (Lipinski definition) is 1. The molecule has 108 valence electrons. The predicted molar refractivity (Wildman–Crippen MR) is 70.7 cm³/mol. The Labute approximate surface area is 112 Å². The van der Waals surface area contributed by atoms with Gasteiger partial charge in [0.05, 0.1) is 6.54 Å². The van der Waals surface area contributed by atoms with E-state index in [1.165, 1.54) is 11.9 Å². The quantitative estimate of drug-likeness (QED) is 0.893. The summed E-state index contributed by atoms with van der Waals surface area (Å²) in [6.07, 6.45) is -4.21. The van der Waals surface area contributed by atoms with Crippen molar-refractivity contribution in [2.75, 3.05) is 13.6 Å². The van der Waals surface area contributed by atoms with Crippen molar-refractivity contribution in [3.05, 3.63) is 35.9 Å². The second-order valence-electron chi connectivity index (χ2n) is 5.20. The van der Waals surface area contributed by atoms with Crippen molar-refractivity contribution in [1.82, 2.24) is 4.90 Å². The minimum absolute atomic E-state index is 0.0301. The third-order valence-corrected chi connectivity index (χ3v) is 3.17. The first-order chi connectivity index (χ1) is 8.72. The van der Waals surface area contributed by atoms with Gasteiger partial charge in [-0.3, -0.25) is 4.90 Å². The van der Waals surface area contributed by atoms with Gasteiger partial charge in [-0.15, -0.1) is 0 Å². The summed E-state index contributed by atoms with van der Waals surface area (Å²) < 4.78 is 37.5. The third-order valence-electron chi connectivity index (χ3n) is 3.17. The van der Waals surface area contributed by atoms with E-state index in [0.717, 1.165) is 5.56 Å². The SMILES string of the molecule is CC(C)C(C(N)c1ccccc1)N(C)CC(F)(F)F. The van der Waals surface area contributed by atoms with E-state index in [1.54, 1.807) is 0 Å². The van der Waals surface area contributed by atoms with Crippen LogP contribution in [0.2, 0.25) is 0 Å². The molecule has 1 aromatic carbocycles. The second-order valence-corrected chi connectivity index (χ2v) is 5.20. The lowest BCUT2D eigenvalue weighted by Gasteiger charge is -2.36. The van der Waals surface area contributed by atoms with Crippen molar-refractivity contribution in [3.63, 3.8) is 0 Å². The number of alkyl halides is 3. The maximum Gasteiger partial charge on any atom is 0.401 e. The molecule has 0 fully saturated rings. The monoisotopic (exact) mass is 274 g/mol. The molecule has 19 heavy (non-hydrogen) atoms. The van der Waals surface area contributed by atoms with Crippen LogP contribution in [0.3, 0.4) is 0 Å². The summed E-state index contributed by atoms with van der Waals surface area (Å²) in [6, 6.07) is 8.45. The van der Waals surface area contributed by atoms with Crippen LogP contribution in [0, 0.1) is 5.92 Å². The fourth-order valence-electron chi connectivity index (χ4n) is 2.46. The third kappa shape index (κ3) is 4.84. The lowest BCUT2D eigenvalue weighted by atomic mass is 9.90. The Morgan fingerprint density at radius 3 is 2.11 bits per heavy atom. The number of benzene rings is 1. The molecule has 5 heteroatoms. The van der Waals surface area contributed by atoms with Gasteiger partial charge in [-0.25, -0.2) is 0 Å². The highest BCUT2D eigenvalue weighted by atomic mass is 19.4. The summed E-state index contributed by atoms with van der Waals surface area (Å²) in [5.41, 5.74) is 7.01. The van der Waals surface area contributed by atoms with Crippen molar-refractivity contribution in [1.29, 1.82) is 0 Å². The first-order valence-corrected chi connectivity index (χ1v) is 6.30. The molecule has 1 rings (SSSR count). The normalized spacial score (nSPS) is 15.8. The highest BCUT2D eigenvalue weighted by molar-refractivity contribution is 5.20. The van der Waals surface area contributed by atoms with Gasteiger partial charge in [0, 0.05) is 12.1 Å². The van der Waals surface area contributed by atoms with Crippen molar-refractivity contribution in [2.45, 2.75) is 32.1 Å². The van der Waals surface area contributed by atoms with Crippen LogP contribution in [0.1, 0.15) is 25.5 Å².